The number of hydrogen-bond donors (Lipinski definition) is 1. The molecule has 3 rings (SSSR count). The fourth-order valence-electron chi connectivity index (χ4n) is 2.51. The summed E-state index contributed by atoms with van der Waals surface area (Å²) in [7, 11) is 0. The van der Waals surface area contributed by atoms with Crippen LogP contribution in [-0.4, -0.2) is 20.7 Å². The lowest BCUT2D eigenvalue weighted by molar-refractivity contribution is 0.0478. The monoisotopic (exact) mass is 360 g/mol. The minimum atomic E-state index is -0.573. The molecule has 130 valence electrons. The number of aromatic hydroxyl groups is 1. The number of carbonyl (C=O) groups excluding carboxylic acids is 1. The molecule has 0 fully saturated rings. The van der Waals surface area contributed by atoms with Crippen molar-refractivity contribution in [1.82, 2.24) is 9.59 Å². The molecular weight excluding hydrogens is 344 g/mol. The Morgan fingerprint density at radius 2 is 2.04 bits per heavy atom. The molecule has 0 aliphatic carbocycles. The van der Waals surface area contributed by atoms with Gasteiger partial charge in [0, 0.05) is 23.1 Å². The first-order valence-electron chi connectivity index (χ1n) is 7.80. The summed E-state index contributed by atoms with van der Waals surface area (Å²) in [4.78, 5) is 24.3. The van der Waals surface area contributed by atoms with E-state index in [2.05, 4.69) is 9.59 Å². The van der Waals surface area contributed by atoms with Crippen molar-refractivity contribution < 1.29 is 19.1 Å². The number of aromatic nitrogens is 2. The van der Waals surface area contributed by atoms with Crippen molar-refractivity contribution >= 4 is 28.5 Å². The van der Waals surface area contributed by atoms with Gasteiger partial charge in [-0.25, -0.2) is 9.59 Å². The maximum Gasteiger partial charge on any atom is 0.352 e. The Hall–Kier alpha value is -2.74. The van der Waals surface area contributed by atoms with Crippen molar-refractivity contribution in [2.45, 2.75) is 33.3 Å². The number of carbonyl (C=O) groups is 1. The van der Waals surface area contributed by atoms with Gasteiger partial charge in [0.25, 0.3) is 0 Å². The predicted octanol–water partition coefficient (Wildman–Crippen LogP) is 2.83. The predicted molar refractivity (Wildman–Crippen MR) is 91.9 cm³/mol. The Morgan fingerprint density at radius 1 is 1.24 bits per heavy atom. The Bertz CT molecular complexity index is 992. The molecule has 1 aromatic carbocycles. The van der Waals surface area contributed by atoms with Gasteiger partial charge in [-0.15, -0.1) is 5.10 Å². The molecule has 0 amide bonds. The molecule has 25 heavy (non-hydrogen) atoms. The summed E-state index contributed by atoms with van der Waals surface area (Å²) in [5.41, 5.74) is 1.50. The van der Waals surface area contributed by atoms with Crippen LogP contribution in [-0.2, 0) is 24.2 Å². The molecule has 0 radical (unpaired) electrons. The number of benzene rings is 1. The van der Waals surface area contributed by atoms with Crippen LogP contribution in [0.15, 0.2) is 27.4 Å². The van der Waals surface area contributed by atoms with E-state index in [4.69, 9.17) is 9.15 Å². The quantitative estimate of drug-likeness (QED) is 0.551. The van der Waals surface area contributed by atoms with E-state index >= 15 is 0 Å². The van der Waals surface area contributed by atoms with E-state index in [1.165, 1.54) is 12.1 Å². The van der Waals surface area contributed by atoms with Crippen LogP contribution >= 0.6 is 11.5 Å². The van der Waals surface area contributed by atoms with Crippen LogP contribution in [0.3, 0.4) is 0 Å². The zero-order chi connectivity index (χ0) is 18.0. The molecule has 0 saturated carbocycles. The van der Waals surface area contributed by atoms with Gasteiger partial charge in [0.1, 0.15) is 17.9 Å². The van der Waals surface area contributed by atoms with Crippen LogP contribution in [0.4, 0.5) is 0 Å². The second-order valence-electron chi connectivity index (χ2n) is 5.40. The van der Waals surface area contributed by atoms with Gasteiger partial charge in [-0.05, 0) is 36.0 Å². The summed E-state index contributed by atoms with van der Waals surface area (Å²) in [5.74, 6) is -0.460. The fraction of sp³-hybridized carbons (Fsp3) is 0.294. The Labute approximate surface area is 147 Å². The summed E-state index contributed by atoms with van der Waals surface area (Å²) in [6.45, 7) is 3.70. The van der Waals surface area contributed by atoms with Gasteiger partial charge >= 0.3 is 11.6 Å². The Kier molecular flexibility index (Phi) is 4.80. The number of fused-ring (bicyclic) bond motifs is 1. The zero-order valence-electron chi connectivity index (χ0n) is 13.7. The first kappa shape index (κ1) is 17.1. The van der Waals surface area contributed by atoms with E-state index in [1.807, 2.05) is 13.8 Å². The first-order valence-corrected chi connectivity index (χ1v) is 8.57. The van der Waals surface area contributed by atoms with Crippen LogP contribution < -0.4 is 5.63 Å². The van der Waals surface area contributed by atoms with Crippen LogP contribution in [0.1, 0.15) is 40.3 Å². The molecule has 0 spiro atoms. The van der Waals surface area contributed by atoms with Crippen LogP contribution in [0.2, 0.25) is 0 Å². The third kappa shape index (κ3) is 3.39. The molecule has 0 aliphatic heterocycles. The molecule has 0 aliphatic rings. The van der Waals surface area contributed by atoms with E-state index in [0.717, 1.165) is 11.5 Å². The van der Waals surface area contributed by atoms with Crippen LogP contribution in [0.25, 0.3) is 11.0 Å². The summed E-state index contributed by atoms with van der Waals surface area (Å²) < 4.78 is 14.2. The molecule has 1 N–H and O–H groups in total. The van der Waals surface area contributed by atoms with Gasteiger partial charge in [-0.3, -0.25) is 0 Å². The van der Waals surface area contributed by atoms with E-state index in [0.29, 0.717) is 39.9 Å². The van der Waals surface area contributed by atoms with Crippen molar-refractivity contribution in [2.75, 3.05) is 0 Å². The van der Waals surface area contributed by atoms with Crippen molar-refractivity contribution in [3.8, 4) is 5.75 Å². The van der Waals surface area contributed by atoms with Gasteiger partial charge in [0.05, 0.1) is 5.69 Å². The average molecular weight is 360 g/mol. The number of rotatable bonds is 5. The largest absolute Gasteiger partial charge is 0.508 e. The molecule has 0 unspecified atom stereocenters. The molecule has 0 saturated heterocycles. The number of hydrogen-bond acceptors (Lipinski definition) is 8. The van der Waals surface area contributed by atoms with Crippen LogP contribution in [0.5, 0.6) is 5.75 Å². The normalized spacial score (nSPS) is 11.0. The molecule has 0 bridgehead atoms. The molecule has 2 heterocycles. The highest BCUT2D eigenvalue weighted by molar-refractivity contribution is 7.07. The van der Waals surface area contributed by atoms with E-state index in [9.17, 15) is 14.7 Å². The number of nitrogens with zero attached hydrogens (tertiary/aromatic N) is 2. The van der Waals surface area contributed by atoms with Gasteiger partial charge in [-0.1, -0.05) is 18.3 Å². The summed E-state index contributed by atoms with van der Waals surface area (Å²) in [5, 5.41) is 14.4. The van der Waals surface area contributed by atoms with Gasteiger partial charge in [0.2, 0.25) is 0 Å². The summed E-state index contributed by atoms with van der Waals surface area (Å²) >= 11 is 0.983. The lowest BCUT2D eigenvalue weighted by Gasteiger charge is -2.09. The minimum Gasteiger partial charge on any atom is -0.508 e. The SMILES string of the molecule is CCc1cc2c(COC(=O)c3snnc3CC)cc(=O)oc2cc1O. The number of aryl methyl sites for hydroxylation is 2. The van der Waals surface area contributed by atoms with Gasteiger partial charge < -0.3 is 14.3 Å². The molecular formula is C17H16N2O5S. The molecule has 8 heteroatoms. The van der Waals surface area contributed by atoms with Gasteiger partial charge in [0.15, 0.2) is 4.88 Å². The average Bonchev–Trinajstić information content (AvgIpc) is 3.07. The van der Waals surface area contributed by atoms with Crippen molar-refractivity contribution in [3.05, 3.63) is 50.3 Å². The maximum absolute atomic E-state index is 12.2. The van der Waals surface area contributed by atoms with Gasteiger partial charge in [-0.2, -0.15) is 0 Å². The molecule has 2 aromatic heterocycles. The van der Waals surface area contributed by atoms with Crippen molar-refractivity contribution in [1.29, 1.82) is 0 Å². The highest BCUT2D eigenvalue weighted by Crippen LogP contribution is 2.27. The zero-order valence-corrected chi connectivity index (χ0v) is 14.6. The topological polar surface area (TPSA) is 103 Å². The third-order valence-electron chi connectivity index (χ3n) is 3.85. The third-order valence-corrected chi connectivity index (χ3v) is 4.59. The smallest absolute Gasteiger partial charge is 0.352 e. The highest BCUT2D eigenvalue weighted by atomic mass is 32.1. The van der Waals surface area contributed by atoms with Crippen molar-refractivity contribution in [2.24, 2.45) is 0 Å². The second kappa shape index (κ2) is 7.02. The maximum atomic E-state index is 12.2. The number of phenolic OH excluding ortho intramolecular Hbond substituents is 1. The summed E-state index contributed by atoms with van der Waals surface area (Å²) in [6.07, 6.45) is 1.20. The second-order valence-corrected chi connectivity index (χ2v) is 6.15. The Balaban J connectivity index is 1.93. The first-order chi connectivity index (χ1) is 12.0. The van der Waals surface area contributed by atoms with E-state index in [1.54, 1.807) is 6.07 Å². The van der Waals surface area contributed by atoms with Crippen molar-refractivity contribution in [3.63, 3.8) is 0 Å². The molecule has 0 atom stereocenters. The minimum absolute atomic E-state index is 0.0654. The lowest BCUT2D eigenvalue weighted by atomic mass is 10.0. The van der Waals surface area contributed by atoms with E-state index in [-0.39, 0.29) is 17.9 Å². The number of phenols is 1. The molecule has 7 nitrogen and oxygen atoms in total. The highest BCUT2D eigenvalue weighted by Gasteiger charge is 2.18. The number of esters is 1. The fourth-order valence-corrected chi connectivity index (χ4v) is 3.16. The standard InChI is InChI=1S/C17H16N2O5S/c1-3-9-5-11-10(6-15(21)24-14(11)7-13(9)20)8-23-17(22)16-12(4-2)18-19-25-16/h5-7,20H,3-4,8H2,1-2H3. The lowest BCUT2D eigenvalue weighted by Crippen LogP contribution is -2.08. The number of ether oxygens (including phenoxy) is 1. The summed E-state index contributed by atoms with van der Waals surface area (Å²) in [6, 6.07) is 4.43. The van der Waals surface area contributed by atoms with E-state index < -0.39 is 11.6 Å². The van der Waals surface area contributed by atoms with Crippen LogP contribution in [0, 0.1) is 0 Å². The molecule has 3 aromatic rings. The Morgan fingerprint density at radius 3 is 2.76 bits per heavy atom.